The van der Waals surface area contributed by atoms with Gasteiger partial charge in [-0.15, -0.1) is 0 Å². The molecule has 2 amide bonds. The molecule has 0 saturated heterocycles. The molecule has 32 heavy (non-hydrogen) atoms. The second-order valence-corrected chi connectivity index (χ2v) is 6.93. The van der Waals surface area contributed by atoms with E-state index in [-0.39, 0.29) is 16.7 Å². The number of anilines is 2. The molecular weight excluding hydrogens is 428 g/mol. The van der Waals surface area contributed by atoms with Gasteiger partial charge in [0, 0.05) is 35.1 Å². The Labute approximate surface area is 189 Å². The number of carbonyl (C=O) groups is 2. The Morgan fingerprint density at radius 2 is 1.44 bits per heavy atom. The molecule has 8 nitrogen and oxygen atoms in total. The van der Waals surface area contributed by atoms with Crippen LogP contribution in [0.3, 0.4) is 0 Å². The summed E-state index contributed by atoms with van der Waals surface area (Å²) in [5, 5.41) is 19.0. The molecule has 0 aliphatic rings. The highest BCUT2D eigenvalue weighted by Gasteiger charge is 2.06. The molecule has 3 aromatic rings. The summed E-state index contributed by atoms with van der Waals surface area (Å²) in [5.41, 5.74) is 2.42. The lowest BCUT2D eigenvalue weighted by atomic mass is 10.2. The van der Waals surface area contributed by atoms with Gasteiger partial charge in [0.15, 0.2) is 5.11 Å². The van der Waals surface area contributed by atoms with Crippen LogP contribution in [0.15, 0.2) is 84.9 Å². The fourth-order valence-electron chi connectivity index (χ4n) is 2.62. The number of nitro groups is 1. The molecule has 0 heterocycles. The number of nitro benzene ring substituents is 1. The van der Waals surface area contributed by atoms with Crippen molar-refractivity contribution in [2.24, 2.45) is 0 Å². The molecule has 0 aliphatic carbocycles. The van der Waals surface area contributed by atoms with Gasteiger partial charge in [0.25, 0.3) is 11.6 Å². The van der Waals surface area contributed by atoms with Crippen molar-refractivity contribution in [1.29, 1.82) is 0 Å². The summed E-state index contributed by atoms with van der Waals surface area (Å²) in [4.78, 5) is 34.4. The van der Waals surface area contributed by atoms with Crippen LogP contribution in [0.5, 0.6) is 0 Å². The summed E-state index contributed by atoms with van der Waals surface area (Å²) in [7, 11) is 0. The van der Waals surface area contributed by atoms with Gasteiger partial charge in [-0.05, 0) is 72.4 Å². The van der Waals surface area contributed by atoms with Gasteiger partial charge in [-0.2, -0.15) is 0 Å². The number of hydrogen-bond donors (Lipinski definition) is 3. The smallest absolute Gasteiger partial charge is 0.269 e. The fourth-order valence-corrected chi connectivity index (χ4v) is 2.84. The first-order valence-corrected chi connectivity index (χ1v) is 9.82. The van der Waals surface area contributed by atoms with Crippen LogP contribution in [-0.2, 0) is 4.79 Å². The molecule has 0 bridgehead atoms. The van der Waals surface area contributed by atoms with Crippen molar-refractivity contribution in [3.05, 3.63) is 106 Å². The Balaban J connectivity index is 1.49. The van der Waals surface area contributed by atoms with Crippen molar-refractivity contribution >= 4 is 52.3 Å². The van der Waals surface area contributed by atoms with E-state index in [0.717, 1.165) is 0 Å². The summed E-state index contributed by atoms with van der Waals surface area (Å²) in [6.07, 6.45) is 2.79. The van der Waals surface area contributed by atoms with Crippen LogP contribution in [0.25, 0.3) is 6.08 Å². The lowest BCUT2D eigenvalue weighted by molar-refractivity contribution is -0.384. The van der Waals surface area contributed by atoms with Crippen LogP contribution < -0.4 is 16.0 Å². The average molecular weight is 446 g/mol. The first-order chi connectivity index (χ1) is 15.4. The number of nitrogens with zero attached hydrogens (tertiary/aromatic N) is 1. The summed E-state index contributed by atoms with van der Waals surface area (Å²) in [6, 6.07) is 21.5. The van der Waals surface area contributed by atoms with Crippen molar-refractivity contribution in [3.63, 3.8) is 0 Å². The predicted molar refractivity (Wildman–Crippen MR) is 127 cm³/mol. The third kappa shape index (κ3) is 6.57. The monoisotopic (exact) mass is 446 g/mol. The molecule has 0 saturated carbocycles. The molecule has 0 spiro atoms. The second-order valence-electron chi connectivity index (χ2n) is 6.52. The van der Waals surface area contributed by atoms with E-state index in [9.17, 15) is 19.7 Å². The third-order valence-corrected chi connectivity index (χ3v) is 4.41. The van der Waals surface area contributed by atoms with E-state index in [4.69, 9.17) is 12.2 Å². The van der Waals surface area contributed by atoms with E-state index >= 15 is 0 Å². The molecule has 0 radical (unpaired) electrons. The van der Waals surface area contributed by atoms with Crippen molar-refractivity contribution < 1.29 is 14.5 Å². The Hall–Kier alpha value is -4.37. The number of non-ortho nitro benzene ring substituents is 1. The molecule has 0 aromatic heterocycles. The summed E-state index contributed by atoms with van der Waals surface area (Å²) < 4.78 is 0. The number of amides is 2. The topological polar surface area (TPSA) is 113 Å². The standard InChI is InChI=1S/C23H18N4O4S/c28-21(15-8-16-6-13-20(14-7-16)27(30)31)26-23(32)25-19-11-9-18(10-12-19)24-22(29)17-4-2-1-3-5-17/h1-15H,(H,24,29)(H2,25,26,28,32)/b15-8+. The van der Waals surface area contributed by atoms with E-state index in [1.165, 1.54) is 36.4 Å². The first-order valence-electron chi connectivity index (χ1n) is 9.42. The van der Waals surface area contributed by atoms with Gasteiger partial charge in [0.2, 0.25) is 5.91 Å². The van der Waals surface area contributed by atoms with Gasteiger partial charge in [0.1, 0.15) is 0 Å². The van der Waals surface area contributed by atoms with Gasteiger partial charge in [0.05, 0.1) is 4.92 Å². The largest absolute Gasteiger partial charge is 0.332 e. The van der Waals surface area contributed by atoms with Crippen LogP contribution >= 0.6 is 12.2 Å². The van der Waals surface area contributed by atoms with Crippen molar-refractivity contribution in [2.45, 2.75) is 0 Å². The molecule has 9 heteroatoms. The van der Waals surface area contributed by atoms with Crippen molar-refractivity contribution in [2.75, 3.05) is 10.6 Å². The number of rotatable bonds is 6. The van der Waals surface area contributed by atoms with Crippen LogP contribution in [0.2, 0.25) is 0 Å². The van der Waals surface area contributed by atoms with Crippen molar-refractivity contribution in [1.82, 2.24) is 5.32 Å². The minimum atomic E-state index is -0.492. The van der Waals surface area contributed by atoms with Crippen LogP contribution in [0.1, 0.15) is 15.9 Å². The summed E-state index contributed by atoms with van der Waals surface area (Å²) in [5.74, 6) is -0.665. The Bertz CT molecular complexity index is 1160. The maximum absolute atomic E-state index is 12.2. The zero-order chi connectivity index (χ0) is 22.9. The highest BCUT2D eigenvalue weighted by Crippen LogP contribution is 2.15. The van der Waals surface area contributed by atoms with Crippen LogP contribution in [0, 0.1) is 10.1 Å². The Morgan fingerprint density at radius 1 is 0.844 bits per heavy atom. The van der Waals surface area contributed by atoms with Gasteiger partial charge in [-0.3, -0.25) is 25.0 Å². The highest BCUT2D eigenvalue weighted by atomic mass is 32.1. The molecule has 0 aliphatic heterocycles. The van der Waals surface area contributed by atoms with Crippen LogP contribution in [0.4, 0.5) is 17.1 Å². The molecular formula is C23H18N4O4S. The van der Waals surface area contributed by atoms with Gasteiger partial charge >= 0.3 is 0 Å². The van der Waals surface area contributed by atoms with E-state index in [2.05, 4.69) is 16.0 Å². The molecule has 0 atom stereocenters. The molecule has 0 unspecified atom stereocenters. The highest BCUT2D eigenvalue weighted by molar-refractivity contribution is 7.80. The SMILES string of the molecule is O=C(/C=C/c1ccc([N+](=O)[O-])cc1)NC(=S)Nc1ccc(NC(=O)c2ccccc2)cc1. The maximum atomic E-state index is 12.2. The predicted octanol–water partition coefficient (Wildman–Crippen LogP) is 4.37. The third-order valence-electron chi connectivity index (χ3n) is 4.20. The zero-order valence-corrected chi connectivity index (χ0v) is 17.5. The van der Waals surface area contributed by atoms with Gasteiger partial charge in [-0.25, -0.2) is 0 Å². The zero-order valence-electron chi connectivity index (χ0n) is 16.6. The minimum Gasteiger partial charge on any atom is -0.332 e. The van der Waals surface area contributed by atoms with Crippen LogP contribution in [-0.4, -0.2) is 21.9 Å². The number of benzene rings is 3. The Morgan fingerprint density at radius 3 is 2.03 bits per heavy atom. The maximum Gasteiger partial charge on any atom is 0.269 e. The second kappa shape index (κ2) is 10.6. The lowest BCUT2D eigenvalue weighted by Gasteiger charge is -2.10. The lowest BCUT2D eigenvalue weighted by Crippen LogP contribution is -2.32. The number of thiocarbonyl (C=S) groups is 1. The molecule has 3 aromatic carbocycles. The Kier molecular flexibility index (Phi) is 7.39. The quantitative estimate of drug-likeness (QED) is 0.224. The molecule has 160 valence electrons. The molecule has 0 fully saturated rings. The molecule has 3 N–H and O–H groups in total. The summed E-state index contributed by atoms with van der Waals surface area (Å²) >= 11 is 5.13. The van der Waals surface area contributed by atoms with Crippen molar-refractivity contribution in [3.8, 4) is 0 Å². The van der Waals surface area contributed by atoms with Gasteiger partial charge < -0.3 is 10.6 Å². The minimum absolute atomic E-state index is 0.0253. The van der Waals surface area contributed by atoms with E-state index in [1.807, 2.05) is 6.07 Å². The fraction of sp³-hybridized carbons (Fsp3) is 0. The average Bonchev–Trinajstić information content (AvgIpc) is 2.79. The summed E-state index contributed by atoms with van der Waals surface area (Å²) in [6.45, 7) is 0. The number of nitrogens with one attached hydrogen (secondary N) is 3. The first kappa shape index (κ1) is 22.3. The molecule has 3 rings (SSSR count). The van der Waals surface area contributed by atoms with E-state index in [0.29, 0.717) is 22.5 Å². The van der Waals surface area contributed by atoms with E-state index < -0.39 is 10.8 Å². The number of hydrogen-bond acceptors (Lipinski definition) is 5. The number of carbonyl (C=O) groups excluding carboxylic acids is 2. The normalized spacial score (nSPS) is 10.4. The van der Waals surface area contributed by atoms with E-state index in [1.54, 1.807) is 48.5 Å². The van der Waals surface area contributed by atoms with Gasteiger partial charge in [-0.1, -0.05) is 18.2 Å².